The number of allylic oxidation sites excluding steroid dienone is 2. The standard InChI is InChI=1S/C16H20BrNOS/c1-5-11(2)15(8-9-20-4)18-16(19)13-7-6-12(3)14(17)10-13/h6-10H,5H2,1-4H3,(H,18,19)/b9-8-,15-11-. The van der Waals surface area contributed by atoms with Crippen molar-refractivity contribution in [3.05, 3.63) is 56.6 Å². The minimum absolute atomic E-state index is 0.0840. The van der Waals surface area contributed by atoms with E-state index in [9.17, 15) is 4.79 Å². The zero-order valence-corrected chi connectivity index (χ0v) is 14.7. The first-order chi connectivity index (χ1) is 9.49. The Morgan fingerprint density at radius 2 is 2.15 bits per heavy atom. The van der Waals surface area contributed by atoms with E-state index in [2.05, 4.69) is 28.2 Å². The van der Waals surface area contributed by atoms with Gasteiger partial charge in [0.25, 0.3) is 5.91 Å². The molecule has 0 unspecified atom stereocenters. The Morgan fingerprint density at radius 1 is 1.45 bits per heavy atom. The van der Waals surface area contributed by atoms with Crippen LogP contribution in [0, 0.1) is 6.92 Å². The lowest BCUT2D eigenvalue weighted by Gasteiger charge is -2.10. The van der Waals surface area contributed by atoms with Crippen molar-refractivity contribution in [2.75, 3.05) is 6.26 Å². The van der Waals surface area contributed by atoms with Gasteiger partial charge in [-0.05, 0) is 61.3 Å². The van der Waals surface area contributed by atoms with Crippen molar-refractivity contribution < 1.29 is 4.79 Å². The molecule has 0 fully saturated rings. The molecule has 2 nitrogen and oxygen atoms in total. The predicted octanol–water partition coefficient (Wildman–Crippen LogP) is 5.05. The van der Waals surface area contributed by atoms with Crippen LogP contribution >= 0.6 is 27.7 Å². The third kappa shape index (κ3) is 4.84. The summed E-state index contributed by atoms with van der Waals surface area (Å²) in [5, 5.41) is 4.96. The van der Waals surface area contributed by atoms with Crippen molar-refractivity contribution in [3.63, 3.8) is 0 Å². The molecule has 0 aromatic heterocycles. The van der Waals surface area contributed by atoms with Gasteiger partial charge in [-0.2, -0.15) is 0 Å². The summed E-state index contributed by atoms with van der Waals surface area (Å²) in [6, 6.07) is 5.63. The van der Waals surface area contributed by atoms with E-state index < -0.39 is 0 Å². The minimum atomic E-state index is -0.0840. The lowest BCUT2D eigenvalue weighted by molar-refractivity contribution is 0.0966. The van der Waals surface area contributed by atoms with Crippen LogP contribution in [0.15, 0.2) is 45.4 Å². The highest BCUT2D eigenvalue weighted by Gasteiger charge is 2.09. The summed E-state index contributed by atoms with van der Waals surface area (Å²) in [4.78, 5) is 12.3. The van der Waals surface area contributed by atoms with E-state index in [4.69, 9.17) is 0 Å². The fraction of sp³-hybridized carbons (Fsp3) is 0.312. The summed E-state index contributed by atoms with van der Waals surface area (Å²) in [5.41, 5.74) is 3.81. The van der Waals surface area contributed by atoms with E-state index in [1.807, 2.05) is 49.8 Å². The molecule has 0 aliphatic rings. The number of benzene rings is 1. The molecule has 1 N–H and O–H groups in total. The second kappa shape index (κ2) is 8.32. The highest BCUT2D eigenvalue weighted by molar-refractivity contribution is 9.10. The molecule has 20 heavy (non-hydrogen) atoms. The number of thioether (sulfide) groups is 1. The molecule has 1 aromatic rings. The highest BCUT2D eigenvalue weighted by Crippen LogP contribution is 2.18. The summed E-state index contributed by atoms with van der Waals surface area (Å²) in [5.74, 6) is -0.0840. The van der Waals surface area contributed by atoms with Crippen molar-refractivity contribution in [1.29, 1.82) is 0 Å². The lowest BCUT2D eigenvalue weighted by atomic mass is 10.1. The fourth-order valence-electron chi connectivity index (χ4n) is 1.55. The smallest absolute Gasteiger partial charge is 0.255 e. The maximum Gasteiger partial charge on any atom is 0.255 e. The number of aryl methyl sites for hydroxylation is 1. The number of carbonyl (C=O) groups is 1. The summed E-state index contributed by atoms with van der Waals surface area (Å²) >= 11 is 5.07. The minimum Gasteiger partial charge on any atom is -0.322 e. The molecule has 1 rings (SSSR count). The zero-order chi connectivity index (χ0) is 15.1. The number of rotatable bonds is 5. The SMILES string of the molecule is CC/C(C)=C(/C=C\SC)NC(=O)c1ccc(C)c(Br)c1. The van der Waals surface area contributed by atoms with Gasteiger partial charge >= 0.3 is 0 Å². The van der Waals surface area contributed by atoms with Crippen LogP contribution in [-0.2, 0) is 0 Å². The maximum atomic E-state index is 12.3. The molecular formula is C16H20BrNOS. The molecule has 0 spiro atoms. The summed E-state index contributed by atoms with van der Waals surface area (Å²) < 4.78 is 0.947. The van der Waals surface area contributed by atoms with Gasteiger partial charge in [-0.15, -0.1) is 11.8 Å². The monoisotopic (exact) mass is 353 g/mol. The third-order valence-corrected chi connectivity index (χ3v) is 4.31. The summed E-state index contributed by atoms with van der Waals surface area (Å²) in [6.07, 6.45) is 4.85. The average Bonchev–Trinajstić information content (AvgIpc) is 2.45. The molecule has 108 valence electrons. The van der Waals surface area contributed by atoms with E-state index in [1.165, 1.54) is 0 Å². The van der Waals surface area contributed by atoms with Crippen molar-refractivity contribution in [2.45, 2.75) is 27.2 Å². The van der Waals surface area contributed by atoms with Crippen molar-refractivity contribution in [3.8, 4) is 0 Å². The highest BCUT2D eigenvalue weighted by atomic mass is 79.9. The molecule has 0 bridgehead atoms. The Balaban J connectivity index is 2.96. The molecule has 4 heteroatoms. The fourth-order valence-corrected chi connectivity index (χ4v) is 2.20. The second-order valence-corrected chi connectivity index (χ2v) is 6.10. The third-order valence-electron chi connectivity index (χ3n) is 3.04. The van der Waals surface area contributed by atoms with Gasteiger partial charge < -0.3 is 5.32 Å². The Kier molecular flexibility index (Phi) is 7.10. The number of hydrogen-bond acceptors (Lipinski definition) is 2. The van der Waals surface area contributed by atoms with Crippen LogP contribution in [0.1, 0.15) is 36.2 Å². The van der Waals surface area contributed by atoms with Crippen LogP contribution < -0.4 is 5.32 Å². The largest absolute Gasteiger partial charge is 0.322 e. The Hall–Kier alpha value is -1.000. The number of halogens is 1. The van der Waals surface area contributed by atoms with Crippen molar-refractivity contribution in [2.24, 2.45) is 0 Å². The van der Waals surface area contributed by atoms with Gasteiger partial charge in [-0.1, -0.05) is 28.9 Å². The van der Waals surface area contributed by atoms with Crippen LogP contribution in [0.3, 0.4) is 0 Å². The number of amides is 1. The van der Waals surface area contributed by atoms with Crippen LogP contribution in [0.2, 0.25) is 0 Å². The molecule has 0 heterocycles. The number of nitrogens with one attached hydrogen (secondary N) is 1. The number of carbonyl (C=O) groups excluding carboxylic acids is 1. The maximum absolute atomic E-state index is 12.3. The van der Waals surface area contributed by atoms with Crippen LogP contribution in [0.4, 0.5) is 0 Å². The zero-order valence-electron chi connectivity index (χ0n) is 12.3. The van der Waals surface area contributed by atoms with Crippen LogP contribution in [0.25, 0.3) is 0 Å². The molecule has 0 saturated carbocycles. The molecule has 1 amide bonds. The molecule has 1 aromatic carbocycles. The van der Waals surface area contributed by atoms with Gasteiger partial charge in [0, 0.05) is 15.7 Å². The topological polar surface area (TPSA) is 29.1 Å². The lowest BCUT2D eigenvalue weighted by Crippen LogP contribution is -2.23. The van der Waals surface area contributed by atoms with Crippen molar-refractivity contribution in [1.82, 2.24) is 5.32 Å². The van der Waals surface area contributed by atoms with E-state index in [-0.39, 0.29) is 5.91 Å². The van der Waals surface area contributed by atoms with E-state index in [0.717, 1.165) is 27.7 Å². The average molecular weight is 354 g/mol. The molecule has 0 aliphatic heterocycles. The van der Waals surface area contributed by atoms with E-state index in [0.29, 0.717) is 5.56 Å². The molecular weight excluding hydrogens is 334 g/mol. The van der Waals surface area contributed by atoms with E-state index >= 15 is 0 Å². The van der Waals surface area contributed by atoms with Gasteiger partial charge in [-0.25, -0.2) is 0 Å². The number of hydrogen-bond donors (Lipinski definition) is 1. The van der Waals surface area contributed by atoms with Crippen molar-refractivity contribution >= 4 is 33.6 Å². The van der Waals surface area contributed by atoms with Gasteiger partial charge in [0.15, 0.2) is 0 Å². The molecule has 0 aliphatic carbocycles. The predicted molar refractivity (Wildman–Crippen MR) is 92.0 cm³/mol. The van der Waals surface area contributed by atoms with Crippen LogP contribution in [-0.4, -0.2) is 12.2 Å². The second-order valence-electron chi connectivity index (χ2n) is 4.50. The first-order valence-electron chi connectivity index (χ1n) is 6.46. The molecule has 0 saturated heterocycles. The first kappa shape index (κ1) is 17.1. The Bertz CT molecular complexity index is 549. The Morgan fingerprint density at radius 3 is 2.70 bits per heavy atom. The normalized spacial score (nSPS) is 12.4. The molecule has 0 atom stereocenters. The summed E-state index contributed by atoms with van der Waals surface area (Å²) in [7, 11) is 0. The summed E-state index contributed by atoms with van der Waals surface area (Å²) in [6.45, 7) is 6.11. The quantitative estimate of drug-likeness (QED) is 0.750. The first-order valence-corrected chi connectivity index (χ1v) is 8.54. The van der Waals surface area contributed by atoms with Gasteiger partial charge in [0.1, 0.15) is 0 Å². The molecule has 0 radical (unpaired) electrons. The van der Waals surface area contributed by atoms with Gasteiger partial charge in [-0.3, -0.25) is 4.79 Å². The van der Waals surface area contributed by atoms with E-state index in [1.54, 1.807) is 11.8 Å². The van der Waals surface area contributed by atoms with Gasteiger partial charge in [0.2, 0.25) is 0 Å². The van der Waals surface area contributed by atoms with Gasteiger partial charge in [0.05, 0.1) is 0 Å². The van der Waals surface area contributed by atoms with Crippen LogP contribution in [0.5, 0.6) is 0 Å². The Labute approximate surface area is 133 Å².